The SMILES string of the molecule is CCOC(=O)C(NC(=O)C1=C(C)NC(C)=C(C(=O)OC)C1c1cccc([N+](=O)[O-])c1)c1ccccc1. The van der Waals surface area contributed by atoms with Crippen molar-refractivity contribution in [3.63, 3.8) is 0 Å². The van der Waals surface area contributed by atoms with E-state index in [0.717, 1.165) is 0 Å². The maximum Gasteiger partial charge on any atom is 0.336 e. The molecular weight excluding hydrogens is 466 g/mol. The van der Waals surface area contributed by atoms with Gasteiger partial charge in [-0.05, 0) is 31.9 Å². The zero-order chi connectivity index (χ0) is 26.4. The van der Waals surface area contributed by atoms with Gasteiger partial charge in [-0.25, -0.2) is 9.59 Å². The molecule has 2 N–H and O–H groups in total. The third-order valence-corrected chi connectivity index (χ3v) is 5.76. The minimum absolute atomic E-state index is 0.117. The van der Waals surface area contributed by atoms with Gasteiger partial charge in [0, 0.05) is 29.1 Å². The van der Waals surface area contributed by atoms with Crippen LogP contribution in [0.5, 0.6) is 0 Å². The van der Waals surface area contributed by atoms with Crippen molar-refractivity contribution in [1.29, 1.82) is 0 Å². The van der Waals surface area contributed by atoms with Crippen molar-refractivity contribution in [2.75, 3.05) is 13.7 Å². The zero-order valence-electron chi connectivity index (χ0n) is 20.4. The van der Waals surface area contributed by atoms with E-state index in [0.29, 0.717) is 22.5 Å². The Balaban J connectivity index is 2.12. The quantitative estimate of drug-likeness (QED) is 0.324. The Hall–Kier alpha value is -4.47. The van der Waals surface area contributed by atoms with Gasteiger partial charge in [0.25, 0.3) is 11.6 Å². The number of esters is 2. The monoisotopic (exact) mass is 493 g/mol. The molecule has 188 valence electrons. The average molecular weight is 494 g/mol. The summed E-state index contributed by atoms with van der Waals surface area (Å²) in [7, 11) is 1.21. The van der Waals surface area contributed by atoms with Crippen molar-refractivity contribution < 1.29 is 28.8 Å². The van der Waals surface area contributed by atoms with Crippen LogP contribution in [0, 0.1) is 10.1 Å². The number of nitro groups is 1. The first-order chi connectivity index (χ1) is 17.2. The molecule has 0 bridgehead atoms. The Kier molecular flexibility index (Phi) is 8.21. The number of carbonyl (C=O) groups is 3. The second-order valence-electron chi connectivity index (χ2n) is 8.05. The van der Waals surface area contributed by atoms with Gasteiger partial charge in [-0.3, -0.25) is 14.9 Å². The second-order valence-corrected chi connectivity index (χ2v) is 8.05. The fourth-order valence-corrected chi connectivity index (χ4v) is 4.19. The van der Waals surface area contributed by atoms with Crippen LogP contribution in [0.2, 0.25) is 0 Å². The number of carbonyl (C=O) groups excluding carboxylic acids is 3. The lowest BCUT2D eigenvalue weighted by molar-refractivity contribution is -0.384. The Morgan fingerprint density at radius 1 is 1.06 bits per heavy atom. The first-order valence-electron chi connectivity index (χ1n) is 11.2. The molecule has 2 unspecified atom stereocenters. The summed E-state index contributed by atoms with van der Waals surface area (Å²) in [5.41, 5.74) is 1.77. The van der Waals surface area contributed by atoms with E-state index >= 15 is 0 Å². The number of benzene rings is 2. The van der Waals surface area contributed by atoms with Crippen LogP contribution >= 0.6 is 0 Å². The molecular formula is C26H27N3O7. The van der Waals surface area contributed by atoms with Crippen molar-refractivity contribution >= 4 is 23.5 Å². The molecule has 36 heavy (non-hydrogen) atoms. The van der Waals surface area contributed by atoms with Crippen LogP contribution in [0.3, 0.4) is 0 Å². The molecule has 2 atom stereocenters. The summed E-state index contributed by atoms with van der Waals surface area (Å²) in [6.07, 6.45) is 0. The van der Waals surface area contributed by atoms with Crippen LogP contribution in [0.4, 0.5) is 5.69 Å². The van der Waals surface area contributed by atoms with E-state index in [9.17, 15) is 24.5 Å². The van der Waals surface area contributed by atoms with Gasteiger partial charge in [0.05, 0.1) is 30.1 Å². The summed E-state index contributed by atoms with van der Waals surface area (Å²) in [6, 6.07) is 13.2. The number of methoxy groups -OCH3 is 1. The Morgan fingerprint density at radius 2 is 1.72 bits per heavy atom. The van der Waals surface area contributed by atoms with E-state index in [1.54, 1.807) is 57.2 Å². The second kappa shape index (κ2) is 11.3. The number of hydrogen-bond donors (Lipinski definition) is 2. The minimum atomic E-state index is -1.11. The molecule has 0 spiro atoms. The summed E-state index contributed by atoms with van der Waals surface area (Å²) in [5, 5.41) is 17.2. The predicted octanol–water partition coefficient (Wildman–Crippen LogP) is 3.42. The first-order valence-corrected chi connectivity index (χ1v) is 11.2. The van der Waals surface area contributed by atoms with Crippen LogP contribution in [0.1, 0.15) is 43.9 Å². The largest absolute Gasteiger partial charge is 0.466 e. The molecule has 0 aromatic heterocycles. The zero-order valence-corrected chi connectivity index (χ0v) is 20.4. The molecule has 0 fully saturated rings. The number of hydrogen-bond acceptors (Lipinski definition) is 8. The lowest BCUT2D eigenvalue weighted by Crippen LogP contribution is -2.40. The maximum atomic E-state index is 13.7. The van der Waals surface area contributed by atoms with Crippen LogP contribution in [0.25, 0.3) is 0 Å². The first kappa shape index (κ1) is 26.1. The number of nitrogens with zero attached hydrogens (tertiary/aromatic N) is 1. The standard InChI is InChI=1S/C26H27N3O7/c1-5-36-26(32)23(17-10-7-6-8-11-17)28-24(30)20-15(2)27-16(3)21(25(31)35-4)22(20)18-12-9-13-19(14-18)29(33)34/h6-14,22-23,27H,5H2,1-4H3,(H,28,30). The molecule has 10 heteroatoms. The molecule has 2 aromatic rings. The van der Waals surface area contributed by atoms with Gasteiger partial charge >= 0.3 is 11.9 Å². The number of allylic oxidation sites excluding steroid dienone is 2. The highest BCUT2D eigenvalue weighted by molar-refractivity contribution is 6.03. The molecule has 0 radical (unpaired) electrons. The Bertz CT molecular complexity index is 1250. The Labute approximate surface area is 208 Å². The number of amides is 1. The fourth-order valence-electron chi connectivity index (χ4n) is 4.19. The molecule has 1 aliphatic heterocycles. The highest BCUT2D eigenvalue weighted by Crippen LogP contribution is 2.40. The smallest absolute Gasteiger partial charge is 0.336 e. The summed E-state index contributed by atoms with van der Waals surface area (Å²) in [4.78, 5) is 50.2. The number of non-ortho nitro benzene ring substituents is 1. The molecule has 1 amide bonds. The van der Waals surface area contributed by atoms with Gasteiger partial charge in [-0.1, -0.05) is 42.5 Å². The van der Waals surface area contributed by atoms with Crippen LogP contribution in [-0.4, -0.2) is 36.5 Å². The average Bonchev–Trinajstić information content (AvgIpc) is 2.86. The van der Waals surface area contributed by atoms with Crippen molar-refractivity contribution in [3.8, 4) is 0 Å². The van der Waals surface area contributed by atoms with Crippen LogP contribution in [-0.2, 0) is 23.9 Å². The van der Waals surface area contributed by atoms with Gasteiger partial charge in [-0.15, -0.1) is 0 Å². The van der Waals surface area contributed by atoms with Crippen molar-refractivity contribution in [2.45, 2.75) is 32.7 Å². The number of ether oxygens (including phenoxy) is 2. The van der Waals surface area contributed by atoms with Gasteiger partial charge < -0.3 is 20.1 Å². The van der Waals surface area contributed by atoms with Gasteiger partial charge in [0.15, 0.2) is 6.04 Å². The molecule has 0 aliphatic carbocycles. The number of nitrogens with one attached hydrogen (secondary N) is 2. The topological polar surface area (TPSA) is 137 Å². The third kappa shape index (κ3) is 5.43. The van der Waals surface area contributed by atoms with Crippen molar-refractivity contribution in [2.24, 2.45) is 0 Å². The van der Waals surface area contributed by atoms with E-state index < -0.39 is 34.7 Å². The maximum absolute atomic E-state index is 13.7. The molecule has 1 heterocycles. The van der Waals surface area contributed by atoms with Crippen LogP contribution < -0.4 is 10.6 Å². The van der Waals surface area contributed by atoms with Crippen molar-refractivity contribution in [1.82, 2.24) is 10.6 Å². The van der Waals surface area contributed by atoms with E-state index in [1.165, 1.54) is 25.3 Å². The molecule has 0 saturated carbocycles. The van der Waals surface area contributed by atoms with Gasteiger partial charge in [0.2, 0.25) is 0 Å². The molecule has 1 aliphatic rings. The predicted molar refractivity (Wildman–Crippen MR) is 130 cm³/mol. The highest BCUT2D eigenvalue weighted by Gasteiger charge is 2.39. The van der Waals surface area contributed by atoms with E-state index in [-0.39, 0.29) is 23.4 Å². The summed E-state index contributed by atoms with van der Waals surface area (Å²) in [6.45, 7) is 5.08. The van der Waals surface area contributed by atoms with E-state index in [1.807, 2.05) is 0 Å². The summed E-state index contributed by atoms with van der Waals surface area (Å²) in [5.74, 6) is -2.98. The lowest BCUT2D eigenvalue weighted by atomic mass is 9.79. The Morgan fingerprint density at radius 3 is 2.33 bits per heavy atom. The molecule has 10 nitrogen and oxygen atoms in total. The lowest BCUT2D eigenvalue weighted by Gasteiger charge is -2.31. The molecule has 0 saturated heterocycles. The minimum Gasteiger partial charge on any atom is -0.466 e. The number of nitro benzene ring substituents is 1. The van der Waals surface area contributed by atoms with Crippen molar-refractivity contribution in [3.05, 3.63) is 98.4 Å². The summed E-state index contributed by atoms with van der Waals surface area (Å²) < 4.78 is 10.2. The highest BCUT2D eigenvalue weighted by atomic mass is 16.6. The van der Waals surface area contributed by atoms with Gasteiger partial charge in [-0.2, -0.15) is 0 Å². The van der Waals surface area contributed by atoms with E-state index in [4.69, 9.17) is 9.47 Å². The molecule has 3 rings (SSSR count). The molecule has 2 aromatic carbocycles. The normalized spacial score (nSPS) is 16.1. The van der Waals surface area contributed by atoms with E-state index in [2.05, 4.69) is 10.6 Å². The number of dihydropyridines is 1. The third-order valence-electron chi connectivity index (χ3n) is 5.76. The number of rotatable bonds is 8. The fraction of sp³-hybridized carbons (Fsp3) is 0.269. The van der Waals surface area contributed by atoms with Crippen LogP contribution in [0.15, 0.2) is 77.1 Å². The van der Waals surface area contributed by atoms with Gasteiger partial charge in [0.1, 0.15) is 0 Å². The summed E-state index contributed by atoms with van der Waals surface area (Å²) >= 11 is 0.